The average molecular weight is 292 g/mol. The molecule has 0 rings (SSSR count). The smallest absolute Gasteiger partial charge is 0.324 e. The van der Waals surface area contributed by atoms with E-state index < -0.39 is 12.8 Å². The Morgan fingerprint density at radius 3 is 1.63 bits per heavy atom. The normalized spacial score (nSPS) is 13.5. The zero-order valence-electron chi connectivity index (χ0n) is 13.4. The summed E-state index contributed by atoms with van der Waals surface area (Å²) in [5, 5.41) is -0.780. The molecule has 3 nitrogen and oxygen atoms in total. The highest BCUT2D eigenvalue weighted by Gasteiger charge is 2.45. The molecule has 4 heteroatoms. The summed E-state index contributed by atoms with van der Waals surface area (Å²) in [7, 11) is -4.05. The van der Waals surface area contributed by atoms with Gasteiger partial charge in [0.15, 0.2) is 0 Å². The van der Waals surface area contributed by atoms with E-state index in [1.165, 1.54) is 0 Å². The molecule has 0 aliphatic heterocycles. The van der Waals surface area contributed by atoms with E-state index >= 15 is 0 Å². The first-order valence-corrected chi connectivity index (χ1v) is 9.31. The predicted octanol–water partition coefficient (Wildman–Crippen LogP) is 4.97. The molecule has 0 aromatic heterocycles. The van der Waals surface area contributed by atoms with Gasteiger partial charge in [0.25, 0.3) is 0 Å². The van der Waals surface area contributed by atoms with Gasteiger partial charge in [0.2, 0.25) is 0 Å². The Balaban J connectivity index is 5.02. The summed E-state index contributed by atoms with van der Waals surface area (Å²) in [6.45, 7) is 10.5. The molecule has 0 heterocycles. The Bertz CT molecular complexity index is 269. The third kappa shape index (κ3) is 6.92. The van der Waals surface area contributed by atoms with Crippen LogP contribution in [0.15, 0.2) is 0 Å². The maximum absolute atomic E-state index is 12.1. The molecule has 0 saturated heterocycles. The minimum Gasteiger partial charge on any atom is -0.324 e. The van der Waals surface area contributed by atoms with Crippen LogP contribution >= 0.6 is 7.60 Å². The largest absolute Gasteiger partial charge is 0.331 e. The number of rotatable bonds is 10. The van der Waals surface area contributed by atoms with Crippen molar-refractivity contribution in [1.82, 2.24) is 0 Å². The fourth-order valence-corrected chi connectivity index (χ4v) is 3.72. The fourth-order valence-electron chi connectivity index (χ4n) is 2.43. The molecule has 0 saturated carbocycles. The summed E-state index contributed by atoms with van der Waals surface area (Å²) < 4.78 is 12.1. The SMILES string of the molecule is CCCCC(CCC(C)C)(CCC(C)C)P(=O)(O)O. The summed E-state index contributed by atoms with van der Waals surface area (Å²) in [5.41, 5.74) is 0. The molecular formula is C15H33O3P. The third-order valence-corrected chi connectivity index (χ3v) is 5.89. The van der Waals surface area contributed by atoms with E-state index in [4.69, 9.17) is 0 Å². The molecule has 0 radical (unpaired) electrons. The van der Waals surface area contributed by atoms with Crippen LogP contribution in [0.25, 0.3) is 0 Å². The first kappa shape index (κ1) is 19.1. The van der Waals surface area contributed by atoms with Crippen LogP contribution in [0.2, 0.25) is 0 Å². The van der Waals surface area contributed by atoms with Gasteiger partial charge in [0.1, 0.15) is 0 Å². The zero-order valence-corrected chi connectivity index (χ0v) is 14.2. The van der Waals surface area contributed by atoms with Gasteiger partial charge < -0.3 is 9.79 Å². The van der Waals surface area contributed by atoms with Crippen LogP contribution in [-0.4, -0.2) is 14.9 Å². The Morgan fingerprint density at radius 1 is 0.947 bits per heavy atom. The maximum Gasteiger partial charge on any atom is 0.331 e. The van der Waals surface area contributed by atoms with E-state index in [1.807, 2.05) is 0 Å². The minimum atomic E-state index is -4.05. The van der Waals surface area contributed by atoms with Crippen LogP contribution in [0, 0.1) is 11.8 Å². The molecule has 0 aliphatic carbocycles. The van der Waals surface area contributed by atoms with Gasteiger partial charge in [-0.2, -0.15) is 0 Å². The Labute approximate surface area is 119 Å². The van der Waals surface area contributed by atoms with Crippen molar-refractivity contribution in [2.24, 2.45) is 11.8 Å². The zero-order chi connectivity index (χ0) is 15.1. The van der Waals surface area contributed by atoms with Crippen molar-refractivity contribution < 1.29 is 14.4 Å². The Kier molecular flexibility index (Phi) is 8.51. The summed E-state index contributed by atoms with van der Waals surface area (Å²) in [6, 6.07) is 0. The van der Waals surface area contributed by atoms with Gasteiger partial charge in [0.05, 0.1) is 5.16 Å². The van der Waals surface area contributed by atoms with E-state index in [1.54, 1.807) is 0 Å². The van der Waals surface area contributed by atoms with Crippen molar-refractivity contribution in [2.75, 3.05) is 0 Å². The van der Waals surface area contributed by atoms with Gasteiger partial charge in [-0.3, -0.25) is 4.57 Å². The highest BCUT2D eigenvalue weighted by molar-refractivity contribution is 7.53. The van der Waals surface area contributed by atoms with Crippen LogP contribution in [0.4, 0.5) is 0 Å². The Morgan fingerprint density at radius 2 is 1.37 bits per heavy atom. The minimum absolute atomic E-state index is 0.492. The number of hydrogen-bond donors (Lipinski definition) is 2. The van der Waals surface area contributed by atoms with Crippen molar-refractivity contribution in [3.05, 3.63) is 0 Å². The summed E-state index contributed by atoms with van der Waals surface area (Å²) in [6.07, 6.45) is 5.66. The van der Waals surface area contributed by atoms with Crippen molar-refractivity contribution in [3.63, 3.8) is 0 Å². The first-order chi connectivity index (χ1) is 8.64. The molecule has 0 bridgehead atoms. The van der Waals surface area contributed by atoms with Crippen LogP contribution in [0.5, 0.6) is 0 Å². The van der Waals surface area contributed by atoms with E-state index in [0.717, 1.165) is 25.7 Å². The van der Waals surface area contributed by atoms with Crippen LogP contribution in [-0.2, 0) is 4.57 Å². The van der Waals surface area contributed by atoms with Gasteiger partial charge in [-0.15, -0.1) is 0 Å². The second kappa shape index (κ2) is 8.44. The lowest BCUT2D eigenvalue weighted by Crippen LogP contribution is -2.30. The topological polar surface area (TPSA) is 57.5 Å². The van der Waals surface area contributed by atoms with Crippen molar-refractivity contribution >= 4 is 7.60 Å². The molecule has 0 fully saturated rings. The van der Waals surface area contributed by atoms with Crippen LogP contribution < -0.4 is 0 Å². The van der Waals surface area contributed by atoms with Gasteiger partial charge >= 0.3 is 7.60 Å². The molecule has 0 amide bonds. The highest BCUT2D eigenvalue weighted by Crippen LogP contribution is 2.58. The Hall–Kier alpha value is 0.150. The molecule has 0 aromatic rings. The summed E-state index contributed by atoms with van der Waals surface area (Å²) in [4.78, 5) is 19.8. The quantitative estimate of drug-likeness (QED) is 0.559. The molecule has 0 spiro atoms. The fraction of sp³-hybridized carbons (Fsp3) is 1.00. The first-order valence-electron chi connectivity index (χ1n) is 7.70. The van der Waals surface area contributed by atoms with E-state index in [-0.39, 0.29) is 0 Å². The molecule has 19 heavy (non-hydrogen) atoms. The van der Waals surface area contributed by atoms with E-state index in [9.17, 15) is 14.4 Å². The average Bonchev–Trinajstić information content (AvgIpc) is 2.26. The lowest BCUT2D eigenvalue weighted by Gasteiger charge is -2.36. The summed E-state index contributed by atoms with van der Waals surface area (Å²) >= 11 is 0. The molecular weight excluding hydrogens is 259 g/mol. The van der Waals surface area contributed by atoms with Gasteiger partial charge in [0, 0.05) is 0 Å². The molecule has 0 aliphatic rings. The standard InChI is InChI=1S/C15H33O3P/c1-6-7-10-15(19(16,17)18,11-8-13(2)3)12-9-14(4)5/h13-14H,6-12H2,1-5H3,(H2,16,17,18). The second-order valence-corrected chi connectivity index (χ2v) is 8.77. The summed E-state index contributed by atoms with van der Waals surface area (Å²) in [5.74, 6) is 0.984. The number of unbranched alkanes of at least 4 members (excludes halogenated alkanes) is 1. The lowest BCUT2D eigenvalue weighted by atomic mass is 9.86. The second-order valence-electron chi connectivity index (χ2n) is 6.74. The molecule has 0 atom stereocenters. The molecule has 0 unspecified atom stereocenters. The van der Waals surface area contributed by atoms with E-state index in [2.05, 4.69) is 34.6 Å². The number of hydrogen-bond acceptors (Lipinski definition) is 1. The lowest BCUT2D eigenvalue weighted by molar-refractivity contribution is 0.273. The molecule has 116 valence electrons. The van der Waals surface area contributed by atoms with Crippen LogP contribution in [0.3, 0.4) is 0 Å². The van der Waals surface area contributed by atoms with Crippen molar-refractivity contribution in [1.29, 1.82) is 0 Å². The highest BCUT2D eigenvalue weighted by atomic mass is 31.2. The predicted molar refractivity (Wildman–Crippen MR) is 82.4 cm³/mol. The van der Waals surface area contributed by atoms with Crippen molar-refractivity contribution in [2.45, 2.75) is 84.7 Å². The monoisotopic (exact) mass is 292 g/mol. The third-order valence-electron chi connectivity index (χ3n) is 3.99. The van der Waals surface area contributed by atoms with Gasteiger partial charge in [-0.05, 0) is 43.9 Å². The molecule has 0 aromatic carbocycles. The molecule has 2 N–H and O–H groups in total. The van der Waals surface area contributed by atoms with E-state index in [0.29, 0.717) is 31.1 Å². The van der Waals surface area contributed by atoms with Gasteiger partial charge in [-0.25, -0.2) is 0 Å². The van der Waals surface area contributed by atoms with Crippen LogP contribution in [0.1, 0.15) is 79.6 Å². The van der Waals surface area contributed by atoms with Gasteiger partial charge in [-0.1, -0.05) is 47.5 Å². The maximum atomic E-state index is 12.1. The van der Waals surface area contributed by atoms with Crippen molar-refractivity contribution in [3.8, 4) is 0 Å².